The van der Waals surface area contributed by atoms with Crippen molar-refractivity contribution in [3.05, 3.63) is 18.0 Å². The van der Waals surface area contributed by atoms with Crippen LogP contribution >= 0.6 is 15.9 Å². The third-order valence-electron chi connectivity index (χ3n) is 2.51. The molecule has 4 nitrogen and oxygen atoms in total. The fourth-order valence-corrected chi connectivity index (χ4v) is 1.71. The van der Waals surface area contributed by atoms with E-state index in [1.54, 1.807) is 24.0 Å². The van der Waals surface area contributed by atoms with Crippen molar-refractivity contribution in [1.29, 1.82) is 0 Å². The van der Waals surface area contributed by atoms with Gasteiger partial charge in [-0.1, -0.05) is 22.9 Å². The van der Waals surface area contributed by atoms with E-state index in [4.69, 9.17) is 0 Å². The lowest BCUT2D eigenvalue weighted by molar-refractivity contribution is 0.0921. The molecule has 1 amide bonds. The number of halogens is 1. The zero-order valence-corrected chi connectivity index (χ0v) is 10.8. The normalized spacial score (nSPS) is 14.7. The van der Waals surface area contributed by atoms with Crippen LogP contribution in [0, 0.1) is 5.92 Å². The molecule has 0 saturated heterocycles. The second-order valence-corrected chi connectivity index (χ2v) is 4.38. The quantitative estimate of drug-likeness (QED) is 0.847. The molecule has 84 valence electrons. The summed E-state index contributed by atoms with van der Waals surface area (Å²) in [5, 5.41) is 7.78. The molecule has 1 rings (SSSR count). The number of aromatic nitrogens is 2. The fourth-order valence-electron chi connectivity index (χ4n) is 1.15. The molecule has 1 aromatic heterocycles. The van der Waals surface area contributed by atoms with Crippen LogP contribution in [0.25, 0.3) is 0 Å². The molecule has 0 aliphatic rings. The Labute approximate surface area is 98.2 Å². The number of alkyl halides is 1. The van der Waals surface area contributed by atoms with Crippen LogP contribution in [0.2, 0.25) is 0 Å². The molecule has 0 fully saturated rings. The zero-order valence-electron chi connectivity index (χ0n) is 9.20. The highest BCUT2D eigenvalue weighted by Crippen LogP contribution is 2.07. The van der Waals surface area contributed by atoms with E-state index in [0.717, 1.165) is 5.33 Å². The van der Waals surface area contributed by atoms with E-state index in [9.17, 15) is 4.79 Å². The van der Waals surface area contributed by atoms with Crippen LogP contribution in [-0.2, 0) is 7.05 Å². The molecule has 1 heterocycles. The van der Waals surface area contributed by atoms with Gasteiger partial charge in [-0.15, -0.1) is 0 Å². The standard InChI is InChI=1S/C10H16BrN3O/c1-7(6-11)8(2)13-10(15)9-4-5-12-14(9)3/h4-5,7-8H,6H2,1-3H3,(H,13,15). The Bertz CT molecular complexity index is 337. The first-order chi connectivity index (χ1) is 7.06. The van der Waals surface area contributed by atoms with Gasteiger partial charge in [-0.05, 0) is 18.9 Å². The number of carbonyl (C=O) groups excluding carboxylic acids is 1. The average Bonchev–Trinajstić information content (AvgIpc) is 2.63. The first kappa shape index (κ1) is 12.2. The van der Waals surface area contributed by atoms with E-state index in [2.05, 4.69) is 33.3 Å². The minimum absolute atomic E-state index is 0.0738. The van der Waals surface area contributed by atoms with E-state index >= 15 is 0 Å². The minimum Gasteiger partial charge on any atom is -0.348 e. The predicted molar refractivity (Wildman–Crippen MR) is 63.1 cm³/mol. The highest BCUT2D eigenvalue weighted by atomic mass is 79.9. The summed E-state index contributed by atoms with van der Waals surface area (Å²) in [6, 6.07) is 1.85. The first-order valence-electron chi connectivity index (χ1n) is 4.91. The Hall–Kier alpha value is -0.840. The minimum atomic E-state index is -0.0738. The van der Waals surface area contributed by atoms with Crippen molar-refractivity contribution in [2.75, 3.05) is 5.33 Å². The summed E-state index contributed by atoms with van der Waals surface area (Å²) in [4.78, 5) is 11.8. The molecule has 2 unspecified atom stereocenters. The number of carbonyl (C=O) groups is 1. The Kier molecular flexibility index (Phi) is 4.32. The van der Waals surface area contributed by atoms with Crippen LogP contribution < -0.4 is 5.32 Å². The van der Waals surface area contributed by atoms with Crippen LogP contribution in [0.3, 0.4) is 0 Å². The second kappa shape index (κ2) is 5.30. The lowest BCUT2D eigenvalue weighted by Crippen LogP contribution is -2.38. The number of amides is 1. The molecule has 5 heteroatoms. The summed E-state index contributed by atoms with van der Waals surface area (Å²) < 4.78 is 1.57. The lowest BCUT2D eigenvalue weighted by atomic mass is 10.1. The SMILES string of the molecule is CC(CBr)C(C)NC(=O)c1ccnn1C. The first-order valence-corrected chi connectivity index (χ1v) is 6.03. The zero-order chi connectivity index (χ0) is 11.4. The Morgan fingerprint density at radius 1 is 1.67 bits per heavy atom. The van der Waals surface area contributed by atoms with Crippen molar-refractivity contribution in [2.45, 2.75) is 19.9 Å². The summed E-state index contributed by atoms with van der Waals surface area (Å²) in [5.74, 6) is 0.331. The number of aryl methyl sites for hydroxylation is 1. The highest BCUT2D eigenvalue weighted by Gasteiger charge is 2.16. The molecular weight excluding hydrogens is 258 g/mol. The molecule has 0 saturated carbocycles. The van der Waals surface area contributed by atoms with Gasteiger partial charge in [0.1, 0.15) is 5.69 Å². The van der Waals surface area contributed by atoms with Gasteiger partial charge in [0.2, 0.25) is 0 Å². The van der Waals surface area contributed by atoms with E-state index in [-0.39, 0.29) is 11.9 Å². The Morgan fingerprint density at radius 2 is 2.33 bits per heavy atom. The molecule has 1 N–H and O–H groups in total. The summed E-state index contributed by atoms with van der Waals surface area (Å²) in [6.45, 7) is 4.09. The topological polar surface area (TPSA) is 46.9 Å². The molecule has 1 aromatic rings. The van der Waals surface area contributed by atoms with Gasteiger partial charge in [0.15, 0.2) is 0 Å². The average molecular weight is 274 g/mol. The number of nitrogens with one attached hydrogen (secondary N) is 1. The summed E-state index contributed by atoms with van der Waals surface area (Å²) in [5.41, 5.74) is 0.587. The molecule has 0 aliphatic carbocycles. The van der Waals surface area contributed by atoms with Crippen molar-refractivity contribution in [3.63, 3.8) is 0 Å². The lowest BCUT2D eigenvalue weighted by Gasteiger charge is -2.19. The number of hydrogen-bond donors (Lipinski definition) is 1. The van der Waals surface area contributed by atoms with Crippen LogP contribution in [0.4, 0.5) is 0 Å². The van der Waals surface area contributed by atoms with Gasteiger partial charge >= 0.3 is 0 Å². The van der Waals surface area contributed by atoms with Gasteiger partial charge in [0, 0.05) is 24.6 Å². The summed E-state index contributed by atoms with van der Waals surface area (Å²) in [6.07, 6.45) is 1.62. The summed E-state index contributed by atoms with van der Waals surface area (Å²) >= 11 is 3.40. The van der Waals surface area contributed by atoms with Crippen molar-refractivity contribution in [1.82, 2.24) is 15.1 Å². The van der Waals surface area contributed by atoms with Crippen molar-refractivity contribution in [3.8, 4) is 0 Å². The van der Waals surface area contributed by atoms with Crippen LogP contribution in [0.5, 0.6) is 0 Å². The van der Waals surface area contributed by atoms with E-state index in [1.807, 2.05) is 6.92 Å². The van der Waals surface area contributed by atoms with Crippen molar-refractivity contribution >= 4 is 21.8 Å². The van der Waals surface area contributed by atoms with Crippen LogP contribution in [0.1, 0.15) is 24.3 Å². The Morgan fingerprint density at radius 3 is 2.80 bits per heavy atom. The van der Waals surface area contributed by atoms with Gasteiger partial charge in [-0.25, -0.2) is 0 Å². The second-order valence-electron chi connectivity index (χ2n) is 3.73. The Balaban J connectivity index is 2.60. The molecular formula is C10H16BrN3O. The number of nitrogens with zero attached hydrogens (tertiary/aromatic N) is 2. The highest BCUT2D eigenvalue weighted by molar-refractivity contribution is 9.09. The maximum atomic E-state index is 11.8. The molecule has 0 spiro atoms. The monoisotopic (exact) mass is 273 g/mol. The molecule has 15 heavy (non-hydrogen) atoms. The van der Waals surface area contributed by atoms with Gasteiger partial charge in [-0.2, -0.15) is 5.10 Å². The van der Waals surface area contributed by atoms with E-state index in [0.29, 0.717) is 11.6 Å². The molecule has 0 aliphatic heterocycles. The van der Waals surface area contributed by atoms with Crippen molar-refractivity contribution in [2.24, 2.45) is 13.0 Å². The largest absolute Gasteiger partial charge is 0.348 e. The van der Waals surface area contributed by atoms with Gasteiger partial charge in [0.25, 0.3) is 5.91 Å². The number of hydrogen-bond acceptors (Lipinski definition) is 2. The maximum Gasteiger partial charge on any atom is 0.269 e. The third kappa shape index (κ3) is 3.06. The van der Waals surface area contributed by atoms with E-state index < -0.39 is 0 Å². The van der Waals surface area contributed by atoms with Crippen LogP contribution in [0.15, 0.2) is 12.3 Å². The van der Waals surface area contributed by atoms with Crippen molar-refractivity contribution < 1.29 is 4.79 Å². The van der Waals surface area contributed by atoms with Gasteiger partial charge in [0.05, 0.1) is 0 Å². The molecule has 0 aromatic carbocycles. The van der Waals surface area contributed by atoms with Crippen LogP contribution in [-0.4, -0.2) is 27.1 Å². The molecule has 0 radical (unpaired) electrons. The summed E-state index contributed by atoms with van der Waals surface area (Å²) in [7, 11) is 1.76. The maximum absolute atomic E-state index is 11.8. The van der Waals surface area contributed by atoms with E-state index in [1.165, 1.54) is 0 Å². The molecule has 2 atom stereocenters. The number of rotatable bonds is 4. The fraction of sp³-hybridized carbons (Fsp3) is 0.600. The smallest absolute Gasteiger partial charge is 0.269 e. The third-order valence-corrected chi connectivity index (χ3v) is 3.53. The molecule has 0 bridgehead atoms. The van der Waals surface area contributed by atoms with Gasteiger partial charge < -0.3 is 5.32 Å². The van der Waals surface area contributed by atoms with Gasteiger partial charge in [-0.3, -0.25) is 9.48 Å². The predicted octanol–water partition coefficient (Wildman–Crippen LogP) is 1.57.